The fourth-order valence-corrected chi connectivity index (χ4v) is 5.85. The molecule has 0 atom stereocenters. The second kappa shape index (κ2) is 8.77. The van der Waals surface area contributed by atoms with E-state index in [1.165, 1.54) is 22.3 Å². The Hall–Kier alpha value is -4.23. The smallest absolute Gasteiger partial charge is 0.266 e. The molecule has 3 heterocycles. The van der Waals surface area contributed by atoms with Gasteiger partial charge in [0.1, 0.15) is 4.83 Å². The Bertz CT molecular complexity index is 1830. The fraction of sp³-hybridized carbons (Fsp3) is 0.138. The highest BCUT2D eigenvalue weighted by molar-refractivity contribution is 7.20. The van der Waals surface area contributed by atoms with E-state index in [9.17, 15) is 9.59 Å². The molecule has 178 valence electrons. The highest BCUT2D eigenvalue weighted by Crippen LogP contribution is 2.31. The summed E-state index contributed by atoms with van der Waals surface area (Å²) in [5.74, 6) is -0.241. The number of nitrogens with zero attached hydrogens (tertiary/aromatic N) is 2. The number of benzene rings is 3. The summed E-state index contributed by atoms with van der Waals surface area (Å²) in [5.41, 5.74) is 5.61. The number of thiophene rings is 1. The van der Waals surface area contributed by atoms with Gasteiger partial charge in [-0.3, -0.25) is 14.2 Å². The van der Waals surface area contributed by atoms with Crippen LogP contribution in [-0.2, 0) is 13.0 Å². The minimum absolute atomic E-state index is 0.136. The van der Waals surface area contributed by atoms with Crippen LogP contribution < -0.4 is 10.9 Å². The monoisotopic (exact) mass is 492 g/mol. The van der Waals surface area contributed by atoms with E-state index in [1.54, 1.807) is 10.9 Å². The second-order valence-electron chi connectivity index (χ2n) is 8.93. The highest BCUT2D eigenvalue weighted by Gasteiger charge is 2.20. The first kappa shape index (κ1) is 22.2. The summed E-state index contributed by atoms with van der Waals surface area (Å²) in [6.45, 7) is 4.39. The Morgan fingerprint density at radius 1 is 1.06 bits per heavy atom. The molecule has 0 aliphatic heterocycles. The van der Waals surface area contributed by atoms with Crippen LogP contribution >= 0.6 is 11.3 Å². The number of aromatic nitrogens is 3. The molecule has 1 amide bonds. The van der Waals surface area contributed by atoms with Crippen molar-refractivity contribution < 1.29 is 4.79 Å². The van der Waals surface area contributed by atoms with Crippen molar-refractivity contribution in [2.24, 2.45) is 0 Å². The van der Waals surface area contributed by atoms with E-state index in [-0.39, 0.29) is 11.5 Å². The SMILES string of the molecule is CCc1cccc2c1[nH]c1cc(NC(=O)c3sc4ncn(Cc5ccccc5)c(=O)c4c3C)ccc12. The van der Waals surface area contributed by atoms with Crippen LogP contribution in [0.15, 0.2) is 77.9 Å². The summed E-state index contributed by atoms with van der Waals surface area (Å²) < 4.78 is 1.59. The molecule has 36 heavy (non-hydrogen) atoms. The summed E-state index contributed by atoms with van der Waals surface area (Å²) in [7, 11) is 0. The van der Waals surface area contributed by atoms with Gasteiger partial charge in [0.05, 0.1) is 23.1 Å². The van der Waals surface area contributed by atoms with Crippen LogP contribution in [0, 0.1) is 6.92 Å². The number of hydrogen-bond donors (Lipinski definition) is 2. The van der Waals surface area contributed by atoms with Gasteiger partial charge < -0.3 is 10.3 Å². The quantitative estimate of drug-likeness (QED) is 0.298. The van der Waals surface area contributed by atoms with Gasteiger partial charge in [-0.25, -0.2) is 4.98 Å². The molecular formula is C29H24N4O2S. The third kappa shape index (κ3) is 3.69. The Kier molecular flexibility index (Phi) is 5.42. The van der Waals surface area contributed by atoms with Gasteiger partial charge in [0.25, 0.3) is 11.5 Å². The largest absolute Gasteiger partial charge is 0.354 e. The van der Waals surface area contributed by atoms with Crippen molar-refractivity contribution >= 4 is 55.0 Å². The average Bonchev–Trinajstić information content (AvgIpc) is 3.44. The number of carbonyl (C=O) groups is 1. The zero-order valence-corrected chi connectivity index (χ0v) is 20.8. The number of aromatic amines is 1. The molecule has 0 unspecified atom stereocenters. The maximum atomic E-state index is 13.3. The third-order valence-corrected chi connectivity index (χ3v) is 7.88. The van der Waals surface area contributed by atoms with E-state index in [0.29, 0.717) is 32.9 Å². The Morgan fingerprint density at radius 3 is 2.69 bits per heavy atom. The molecule has 2 N–H and O–H groups in total. The predicted molar refractivity (Wildman–Crippen MR) is 147 cm³/mol. The molecule has 0 saturated heterocycles. The molecule has 3 aromatic carbocycles. The molecular weight excluding hydrogens is 468 g/mol. The minimum Gasteiger partial charge on any atom is -0.354 e. The lowest BCUT2D eigenvalue weighted by molar-refractivity contribution is 0.103. The van der Waals surface area contributed by atoms with E-state index in [0.717, 1.165) is 28.4 Å². The van der Waals surface area contributed by atoms with Gasteiger partial charge >= 0.3 is 0 Å². The van der Waals surface area contributed by atoms with Crippen LogP contribution in [0.5, 0.6) is 0 Å². The number of hydrogen-bond acceptors (Lipinski definition) is 4. The number of carbonyl (C=O) groups excluding carboxylic acids is 1. The van der Waals surface area contributed by atoms with E-state index in [4.69, 9.17) is 0 Å². The first-order valence-corrected chi connectivity index (χ1v) is 12.7. The van der Waals surface area contributed by atoms with Gasteiger partial charge in [0.2, 0.25) is 0 Å². The van der Waals surface area contributed by atoms with Crippen molar-refractivity contribution in [3.05, 3.63) is 105 Å². The van der Waals surface area contributed by atoms with Crippen molar-refractivity contribution in [1.82, 2.24) is 14.5 Å². The van der Waals surface area contributed by atoms with Gasteiger partial charge in [-0.15, -0.1) is 11.3 Å². The van der Waals surface area contributed by atoms with E-state index < -0.39 is 0 Å². The highest BCUT2D eigenvalue weighted by atomic mass is 32.1. The molecule has 0 bridgehead atoms. The first-order chi connectivity index (χ1) is 17.5. The maximum absolute atomic E-state index is 13.3. The summed E-state index contributed by atoms with van der Waals surface area (Å²) in [6, 6.07) is 22.0. The standard InChI is InChI=1S/C29H24N4O2S/c1-3-19-10-7-11-22-21-13-12-20(14-23(21)32-25(19)22)31-27(34)26-17(2)24-28(36-26)30-16-33(29(24)35)15-18-8-5-4-6-9-18/h4-14,16,32H,3,15H2,1-2H3,(H,31,34). The fourth-order valence-electron chi connectivity index (χ4n) is 4.82. The van der Waals surface area contributed by atoms with E-state index >= 15 is 0 Å². The number of amides is 1. The topological polar surface area (TPSA) is 79.8 Å². The van der Waals surface area contributed by atoms with E-state index in [2.05, 4.69) is 40.4 Å². The van der Waals surface area contributed by atoms with Gasteiger partial charge in [0, 0.05) is 27.5 Å². The minimum atomic E-state index is -0.241. The molecule has 6 rings (SSSR count). The molecule has 6 nitrogen and oxygen atoms in total. The first-order valence-electron chi connectivity index (χ1n) is 11.9. The molecule has 0 fully saturated rings. The number of fused-ring (bicyclic) bond motifs is 4. The third-order valence-electron chi connectivity index (χ3n) is 6.68. The van der Waals surface area contributed by atoms with Crippen molar-refractivity contribution in [2.75, 3.05) is 5.32 Å². The number of para-hydroxylation sites is 1. The van der Waals surface area contributed by atoms with Crippen LogP contribution in [0.2, 0.25) is 0 Å². The summed E-state index contributed by atoms with van der Waals surface area (Å²) >= 11 is 1.25. The van der Waals surface area contributed by atoms with Crippen molar-refractivity contribution in [3.8, 4) is 0 Å². The van der Waals surface area contributed by atoms with Crippen molar-refractivity contribution in [1.29, 1.82) is 0 Å². The van der Waals surface area contributed by atoms with Gasteiger partial charge in [-0.05, 0) is 42.2 Å². The number of aryl methyl sites for hydroxylation is 2. The Labute approximate surface area is 211 Å². The molecule has 3 aromatic heterocycles. The van der Waals surface area contributed by atoms with Gasteiger partial charge in [0.15, 0.2) is 0 Å². The van der Waals surface area contributed by atoms with Crippen LogP contribution in [0.25, 0.3) is 32.0 Å². The Morgan fingerprint density at radius 2 is 1.89 bits per heavy atom. The molecule has 6 aromatic rings. The summed E-state index contributed by atoms with van der Waals surface area (Å²) in [6.07, 6.45) is 2.50. The lowest BCUT2D eigenvalue weighted by Gasteiger charge is -2.06. The second-order valence-corrected chi connectivity index (χ2v) is 9.93. The zero-order chi connectivity index (χ0) is 24.8. The van der Waals surface area contributed by atoms with Crippen molar-refractivity contribution in [3.63, 3.8) is 0 Å². The van der Waals surface area contributed by atoms with Crippen molar-refractivity contribution in [2.45, 2.75) is 26.8 Å². The average molecular weight is 493 g/mol. The molecule has 0 aliphatic rings. The summed E-state index contributed by atoms with van der Waals surface area (Å²) in [4.78, 5) is 35.6. The maximum Gasteiger partial charge on any atom is 0.266 e. The molecule has 0 radical (unpaired) electrons. The predicted octanol–water partition coefficient (Wildman–Crippen LogP) is 6.26. The number of rotatable bonds is 5. The molecule has 0 spiro atoms. The lowest BCUT2D eigenvalue weighted by Crippen LogP contribution is -2.21. The number of H-pyrrole nitrogens is 1. The normalized spacial score (nSPS) is 11.5. The van der Waals surface area contributed by atoms with E-state index in [1.807, 2.05) is 55.5 Å². The molecule has 0 saturated carbocycles. The van der Waals surface area contributed by atoms with Gasteiger partial charge in [-0.2, -0.15) is 0 Å². The number of nitrogens with one attached hydrogen (secondary N) is 2. The molecule has 0 aliphatic carbocycles. The van der Waals surface area contributed by atoms with Crippen LogP contribution in [0.1, 0.15) is 33.3 Å². The van der Waals surface area contributed by atoms with Gasteiger partial charge in [-0.1, -0.05) is 61.5 Å². The van der Waals surface area contributed by atoms with Crippen LogP contribution in [0.3, 0.4) is 0 Å². The Balaban J connectivity index is 1.33. The summed E-state index contributed by atoms with van der Waals surface area (Å²) in [5, 5.41) is 5.82. The van der Waals surface area contributed by atoms with Crippen LogP contribution in [-0.4, -0.2) is 20.4 Å². The zero-order valence-electron chi connectivity index (χ0n) is 20.0. The lowest BCUT2D eigenvalue weighted by atomic mass is 10.1. The van der Waals surface area contributed by atoms with Crippen LogP contribution in [0.4, 0.5) is 5.69 Å². The number of anilines is 1. The molecule has 7 heteroatoms.